The lowest BCUT2D eigenvalue weighted by Gasteiger charge is -2.26. The molecule has 0 spiro atoms. The Hall–Kier alpha value is -3.61. The Balaban J connectivity index is 1.84. The van der Waals surface area contributed by atoms with E-state index in [4.69, 9.17) is 19.9 Å². The van der Waals surface area contributed by atoms with Gasteiger partial charge >= 0.3 is 0 Å². The molecule has 0 bridgehead atoms. The second-order valence-corrected chi connectivity index (χ2v) is 6.64. The summed E-state index contributed by atoms with van der Waals surface area (Å²) in [5, 5.41) is 0. The number of nitrogens with two attached hydrogens (primary N) is 1. The number of nitrogens with zero attached hydrogens (tertiary/aromatic N) is 2. The number of benzene rings is 2. The van der Waals surface area contributed by atoms with Gasteiger partial charge in [0.05, 0.1) is 20.4 Å². The van der Waals surface area contributed by atoms with E-state index in [0.717, 1.165) is 16.7 Å². The quantitative estimate of drug-likeness (QED) is 0.718. The molecule has 1 aliphatic rings. The fourth-order valence-corrected chi connectivity index (χ4v) is 3.46. The first-order valence-electron chi connectivity index (χ1n) is 8.98. The highest BCUT2D eigenvalue weighted by Gasteiger charge is 2.40. The summed E-state index contributed by atoms with van der Waals surface area (Å²) in [6.07, 6.45) is 3.40. The second-order valence-electron chi connectivity index (χ2n) is 6.64. The van der Waals surface area contributed by atoms with Gasteiger partial charge in [-0.25, -0.2) is 9.38 Å². The molecule has 1 atom stereocenters. The summed E-state index contributed by atoms with van der Waals surface area (Å²) < 4.78 is 30.3. The number of amidine groups is 1. The molecule has 2 aromatic carbocycles. The minimum atomic E-state index is -0.959. The molecule has 7 heteroatoms. The van der Waals surface area contributed by atoms with Crippen molar-refractivity contribution in [2.75, 3.05) is 20.8 Å². The smallest absolute Gasteiger partial charge is 0.283 e. The third-order valence-electron chi connectivity index (χ3n) is 4.98. The van der Waals surface area contributed by atoms with Gasteiger partial charge in [-0.15, -0.1) is 0 Å². The molecular weight excluding hydrogens is 373 g/mol. The van der Waals surface area contributed by atoms with Crippen molar-refractivity contribution in [1.82, 2.24) is 4.98 Å². The predicted octanol–water partition coefficient (Wildman–Crippen LogP) is 3.49. The summed E-state index contributed by atoms with van der Waals surface area (Å²) in [6, 6.07) is 14.5. The Bertz CT molecular complexity index is 1090. The number of aliphatic imine (C=N–C) groups is 1. The maximum Gasteiger partial charge on any atom is 0.283 e. The lowest BCUT2D eigenvalue weighted by molar-refractivity contribution is 0.278. The predicted molar refractivity (Wildman–Crippen MR) is 108 cm³/mol. The summed E-state index contributed by atoms with van der Waals surface area (Å²) in [6.45, 7) is 0.171. The van der Waals surface area contributed by atoms with E-state index in [1.165, 1.54) is 13.2 Å². The van der Waals surface area contributed by atoms with Crippen molar-refractivity contribution < 1.29 is 18.6 Å². The van der Waals surface area contributed by atoms with Crippen LogP contribution in [0.2, 0.25) is 0 Å². The van der Waals surface area contributed by atoms with E-state index >= 15 is 0 Å². The van der Waals surface area contributed by atoms with E-state index < -0.39 is 11.4 Å². The molecule has 0 amide bonds. The number of halogens is 1. The third-order valence-corrected chi connectivity index (χ3v) is 4.98. The molecule has 4 rings (SSSR count). The molecule has 2 heterocycles. The molecule has 2 N–H and O–H groups in total. The SMILES string of the molecule is COc1cncc(-c2cccc(C3(c4ccc(OC)c(F)c4)COC(N)=N3)c2)c1. The fourth-order valence-electron chi connectivity index (χ4n) is 3.46. The largest absolute Gasteiger partial charge is 0.495 e. The highest BCUT2D eigenvalue weighted by Crippen LogP contribution is 2.40. The van der Waals surface area contributed by atoms with Gasteiger partial charge < -0.3 is 19.9 Å². The van der Waals surface area contributed by atoms with Crippen LogP contribution in [0.25, 0.3) is 11.1 Å². The van der Waals surface area contributed by atoms with Crippen LogP contribution in [0, 0.1) is 5.82 Å². The van der Waals surface area contributed by atoms with E-state index in [-0.39, 0.29) is 18.4 Å². The topological polar surface area (TPSA) is 79.0 Å². The average molecular weight is 393 g/mol. The van der Waals surface area contributed by atoms with E-state index in [0.29, 0.717) is 11.3 Å². The number of rotatable bonds is 5. The monoisotopic (exact) mass is 393 g/mol. The summed E-state index contributed by atoms with van der Waals surface area (Å²) in [4.78, 5) is 8.77. The molecule has 0 radical (unpaired) electrons. The summed E-state index contributed by atoms with van der Waals surface area (Å²) in [7, 11) is 3.02. The van der Waals surface area contributed by atoms with E-state index in [1.54, 1.807) is 31.6 Å². The maximum absolute atomic E-state index is 14.4. The highest BCUT2D eigenvalue weighted by atomic mass is 19.1. The van der Waals surface area contributed by atoms with Crippen molar-refractivity contribution in [2.24, 2.45) is 10.7 Å². The molecule has 1 unspecified atom stereocenters. The zero-order chi connectivity index (χ0) is 20.4. The van der Waals surface area contributed by atoms with Crippen molar-refractivity contribution >= 4 is 6.02 Å². The van der Waals surface area contributed by atoms with Gasteiger partial charge in [-0.2, -0.15) is 0 Å². The number of aromatic nitrogens is 1. The highest BCUT2D eigenvalue weighted by molar-refractivity contribution is 5.76. The first-order chi connectivity index (χ1) is 14.1. The fraction of sp³-hybridized carbons (Fsp3) is 0.182. The summed E-state index contributed by atoms with van der Waals surface area (Å²) >= 11 is 0. The number of hydrogen-bond donors (Lipinski definition) is 1. The van der Waals surface area contributed by atoms with Crippen LogP contribution in [0.3, 0.4) is 0 Å². The molecule has 0 saturated heterocycles. The van der Waals surface area contributed by atoms with Crippen LogP contribution in [0.4, 0.5) is 4.39 Å². The first kappa shape index (κ1) is 18.7. The zero-order valence-corrected chi connectivity index (χ0v) is 16.1. The first-order valence-corrected chi connectivity index (χ1v) is 8.98. The Morgan fingerprint density at radius 2 is 1.83 bits per heavy atom. The lowest BCUT2D eigenvalue weighted by atomic mass is 9.83. The minimum Gasteiger partial charge on any atom is -0.495 e. The number of ether oxygens (including phenoxy) is 3. The second kappa shape index (κ2) is 7.43. The molecule has 1 aliphatic heterocycles. The van der Waals surface area contributed by atoms with Crippen molar-refractivity contribution in [1.29, 1.82) is 0 Å². The van der Waals surface area contributed by atoms with Crippen molar-refractivity contribution in [3.05, 3.63) is 77.9 Å². The van der Waals surface area contributed by atoms with Crippen LogP contribution in [0.1, 0.15) is 11.1 Å². The van der Waals surface area contributed by atoms with Gasteiger partial charge in [0.1, 0.15) is 12.4 Å². The molecule has 6 nitrogen and oxygen atoms in total. The van der Waals surface area contributed by atoms with Gasteiger partial charge in [-0.3, -0.25) is 4.98 Å². The van der Waals surface area contributed by atoms with E-state index in [9.17, 15) is 4.39 Å². The Labute approximate surface area is 167 Å². The van der Waals surface area contributed by atoms with Crippen LogP contribution >= 0.6 is 0 Å². The Kier molecular flexibility index (Phi) is 4.80. The maximum atomic E-state index is 14.4. The number of pyridine rings is 1. The average Bonchev–Trinajstić information content (AvgIpc) is 3.17. The molecule has 3 aromatic rings. The van der Waals surface area contributed by atoms with Gasteiger partial charge in [0.15, 0.2) is 17.1 Å². The van der Waals surface area contributed by atoms with Crippen molar-refractivity contribution in [2.45, 2.75) is 5.54 Å². The van der Waals surface area contributed by atoms with Crippen molar-refractivity contribution in [3.63, 3.8) is 0 Å². The van der Waals surface area contributed by atoms with Gasteiger partial charge in [0.2, 0.25) is 0 Å². The zero-order valence-electron chi connectivity index (χ0n) is 16.1. The van der Waals surface area contributed by atoms with Crippen molar-refractivity contribution in [3.8, 4) is 22.6 Å². The van der Waals surface area contributed by atoms with Crippen LogP contribution in [-0.2, 0) is 10.3 Å². The lowest BCUT2D eigenvalue weighted by Crippen LogP contribution is -2.27. The Morgan fingerprint density at radius 3 is 2.52 bits per heavy atom. The van der Waals surface area contributed by atoms with Gasteiger partial charge in [0, 0.05) is 11.8 Å². The number of hydrogen-bond acceptors (Lipinski definition) is 6. The molecule has 0 saturated carbocycles. The normalized spacial score (nSPS) is 18.1. The van der Waals surface area contributed by atoms with Crippen LogP contribution in [-0.4, -0.2) is 31.8 Å². The van der Waals surface area contributed by atoms with Gasteiger partial charge in [0.25, 0.3) is 6.02 Å². The molecule has 148 valence electrons. The van der Waals surface area contributed by atoms with Crippen LogP contribution in [0.5, 0.6) is 11.5 Å². The van der Waals surface area contributed by atoms with E-state index in [1.807, 2.05) is 30.3 Å². The summed E-state index contributed by atoms with van der Waals surface area (Å²) in [5.41, 5.74) is 8.14. The molecule has 29 heavy (non-hydrogen) atoms. The molecule has 0 aliphatic carbocycles. The van der Waals surface area contributed by atoms with Gasteiger partial charge in [-0.1, -0.05) is 24.3 Å². The van der Waals surface area contributed by atoms with Gasteiger partial charge in [-0.05, 0) is 41.0 Å². The van der Waals surface area contributed by atoms with Crippen LogP contribution in [0.15, 0.2) is 65.9 Å². The standard InChI is InChI=1S/C22H20FN3O3/c1-27-18-9-15(11-25-12-18)14-4-3-5-16(8-14)22(13-29-21(24)26-22)17-6-7-20(28-2)19(23)10-17/h3-12H,13H2,1-2H3,(H2,24,26). The molecule has 0 fully saturated rings. The minimum absolute atomic E-state index is 0.0645. The van der Waals surface area contributed by atoms with Crippen LogP contribution < -0.4 is 15.2 Å². The number of methoxy groups -OCH3 is 2. The van der Waals surface area contributed by atoms with E-state index in [2.05, 4.69) is 9.98 Å². The molecular formula is C22H20FN3O3. The Morgan fingerprint density at radius 1 is 1.00 bits per heavy atom. The molecule has 1 aromatic heterocycles. The summed E-state index contributed by atoms with van der Waals surface area (Å²) in [5.74, 6) is 0.348. The third kappa shape index (κ3) is 3.35.